The van der Waals surface area contributed by atoms with Gasteiger partial charge in [0, 0.05) is 44.8 Å². The normalized spacial score (nSPS) is 11.6. The third-order valence-electron chi connectivity index (χ3n) is 4.28. The van der Waals surface area contributed by atoms with Crippen LogP contribution in [-0.4, -0.2) is 47.1 Å². The van der Waals surface area contributed by atoms with E-state index in [1.807, 2.05) is 36.5 Å². The van der Waals surface area contributed by atoms with Gasteiger partial charge in [-0.2, -0.15) is 18.3 Å². The van der Waals surface area contributed by atoms with Gasteiger partial charge in [0.25, 0.3) is 0 Å². The maximum absolute atomic E-state index is 12.3. The number of pyridine rings is 1. The van der Waals surface area contributed by atoms with E-state index in [-0.39, 0.29) is 29.9 Å². The first kappa shape index (κ1) is 25.4. The third-order valence-corrected chi connectivity index (χ3v) is 4.28. The number of hydrogen-bond acceptors (Lipinski definition) is 4. The Morgan fingerprint density at radius 3 is 2.53 bits per heavy atom. The van der Waals surface area contributed by atoms with Crippen LogP contribution in [0.2, 0.25) is 0 Å². The summed E-state index contributed by atoms with van der Waals surface area (Å²) in [5, 5.41) is 10.5. The Bertz CT molecular complexity index is 978. The minimum Gasteiger partial charge on any atom is -0.468 e. The van der Waals surface area contributed by atoms with Crippen LogP contribution in [0.25, 0.3) is 5.69 Å². The fourth-order valence-electron chi connectivity index (χ4n) is 2.76. The van der Waals surface area contributed by atoms with E-state index in [1.165, 1.54) is 17.8 Å². The van der Waals surface area contributed by atoms with Gasteiger partial charge in [-0.15, -0.1) is 24.0 Å². The number of aliphatic imine (C=N–C) groups is 1. The molecule has 0 spiro atoms. The number of rotatable bonds is 8. The Balaban J connectivity index is 0.00000363. The van der Waals surface area contributed by atoms with Crippen molar-refractivity contribution in [2.75, 3.05) is 20.2 Å². The summed E-state index contributed by atoms with van der Waals surface area (Å²) in [4.78, 5) is 7.95. The summed E-state index contributed by atoms with van der Waals surface area (Å²) in [6.45, 7) is -0.344. The second-order valence-corrected chi connectivity index (χ2v) is 6.63. The van der Waals surface area contributed by atoms with E-state index in [2.05, 4.69) is 30.4 Å². The van der Waals surface area contributed by atoms with Crippen molar-refractivity contribution in [2.45, 2.75) is 19.1 Å². The van der Waals surface area contributed by atoms with Gasteiger partial charge in [0.05, 0.1) is 5.69 Å². The van der Waals surface area contributed by atoms with Gasteiger partial charge >= 0.3 is 6.18 Å². The van der Waals surface area contributed by atoms with Crippen LogP contribution in [0.5, 0.6) is 5.88 Å². The predicted molar refractivity (Wildman–Crippen MR) is 127 cm³/mol. The smallest absolute Gasteiger partial charge is 0.422 e. The summed E-state index contributed by atoms with van der Waals surface area (Å²) < 4.78 is 43.3. The van der Waals surface area contributed by atoms with Gasteiger partial charge in [-0.05, 0) is 41.8 Å². The van der Waals surface area contributed by atoms with Crippen molar-refractivity contribution in [3.8, 4) is 11.6 Å². The van der Waals surface area contributed by atoms with E-state index >= 15 is 0 Å². The van der Waals surface area contributed by atoms with Gasteiger partial charge in [0.2, 0.25) is 5.88 Å². The zero-order valence-corrected chi connectivity index (χ0v) is 19.7. The highest BCUT2D eigenvalue weighted by Crippen LogP contribution is 2.17. The van der Waals surface area contributed by atoms with E-state index in [0.717, 1.165) is 17.7 Å². The van der Waals surface area contributed by atoms with Crippen molar-refractivity contribution >= 4 is 29.9 Å². The van der Waals surface area contributed by atoms with Crippen molar-refractivity contribution in [1.82, 2.24) is 25.4 Å². The van der Waals surface area contributed by atoms with Crippen molar-refractivity contribution in [3.63, 3.8) is 0 Å². The van der Waals surface area contributed by atoms with Crippen LogP contribution in [0, 0.1) is 0 Å². The molecular formula is C21H24F3IN6O. The molecule has 11 heteroatoms. The Morgan fingerprint density at radius 1 is 1.09 bits per heavy atom. The summed E-state index contributed by atoms with van der Waals surface area (Å²) >= 11 is 0. The molecular weight excluding hydrogens is 536 g/mol. The lowest BCUT2D eigenvalue weighted by Gasteiger charge is -2.13. The van der Waals surface area contributed by atoms with Crippen molar-refractivity contribution in [3.05, 3.63) is 72.2 Å². The highest BCUT2D eigenvalue weighted by Gasteiger charge is 2.28. The molecule has 32 heavy (non-hydrogen) atoms. The molecule has 0 fully saturated rings. The Labute approximate surface area is 201 Å². The maximum atomic E-state index is 12.3. The highest BCUT2D eigenvalue weighted by molar-refractivity contribution is 14.0. The summed E-state index contributed by atoms with van der Waals surface area (Å²) in [5.41, 5.74) is 2.89. The van der Waals surface area contributed by atoms with Crippen LogP contribution >= 0.6 is 24.0 Å². The van der Waals surface area contributed by atoms with Crippen molar-refractivity contribution < 1.29 is 17.9 Å². The zero-order chi connectivity index (χ0) is 22.1. The van der Waals surface area contributed by atoms with E-state index in [9.17, 15) is 13.2 Å². The SMILES string of the molecule is CN=C(NCCc1ccc(-n2cccn2)cc1)NCc1ccnc(OCC(F)(F)F)c1.I. The lowest BCUT2D eigenvalue weighted by molar-refractivity contribution is -0.154. The molecule has 1 aromatic carbocycles. The Morgan fingerprint density at radius 2 is 1.88 bits per heavy atom. The maximum Gasteiger partial charge on any atom is 0.422 e. The molecule has 2 heterocycles. The molecule has 2 N–H and O–H groups in total. The van der Waals surface area contributed by atoms with Gasteiger partial charge in [0.15, 0.2) is 12.6 Å². The van der Waals surface area contributed by atoms with Gasteiger partial charge in [-0.3, -0.25) is 4.99 Å². The summed E-state index contributed by atoms with van der Waals surface area (Å²) in [6, 6.07) is 13.2. The average Bonchev–Trinajstić information content (AvgIpc) is 3.30. The molecule has 3 rings (SSSR count). The molecule has 0 atom stereocenters. The summed E-state index contributed by atoms with van der Waals surface area (Å²) in [5.74, 6) is 0.515. The molecule has 0 amide bonds. The molecule has 2 aromatic heterocycles. The molecule has 0 radical (unpaired) electrons. The summed E-state index contributed by atoms with van der Waals surface area (Å²) in [7, 11) is 1.65. The van der Waals surface area contributed by atoms with E-state index < -0.39 is 12.8 Å². The Hall–Kier alpha value is -2.83. The van der Waals surface area contributed by atoms with Crippen LogP contribution in [-0.2, 0) is 13.0 Å². The lowest BCUT2D eigenvalue weighted by atomic mass is 10.1. The number of hydrogen-bond donors (Lipinski definition) is 2. The predicted octanol–water partition coefficient (Wildman–Crippen LogP) is 3.73. The minimum absolute atomic E-state index is 0. The molecule has 0 saturated heterocycles. The fourth-order valence-corrected chi connectivity index (χ4v) is 2.76. The molecule has 0 aliphatic carbocycles. The van der Waals surface area contributed by atoms with Crippen LogP contribution < -0.4 is 15.4 Å². The second kappa shape index (κ2) is 12.3. The van der Waals surface area contributed by atoms with Crippen LogP contribution in [0.4, 0.5) is 13.2 Å². The monoisotopic (exact) mass is 560 g/mol. The number of aromatic nitrogens is 3. The van der Waals surface area contributed by atoms with Crippen LogP contribution in [0.15, 0.2) is 66.0 Å². The van der Waals surface area contributed by atoms with Crippen molar-refractivity contribution in [1.29, 1.82) is 0 Å². The molecule has 0 aliphatic rings. The number of halogens is 4. The quantitative estimate of drug-likeness (QED) is 0.250. The number of alkyl halides is 3. The zero-order valence-electron chi connectivity index (χ0n) is 17.3. The highest BCUT2D eigenvalue weighted by atomic mass is 127. The van der Waals surface area contributed by atoms with E-state index in [1.54, 1.807) is 24.0 Å². The minimum atomic E-state index is -4.40. The number of guanidine groups is 1. The van der Waals surface area contributed by atoms with Crippen molar-refractivity contribution in [2.24, 2.45) is 4.99 Å². The number of ether oxygens (including phenoxy) is 1. The third kappa shape index (κ3) is 8.36. The number of benzene rings is 1. The van der Waals surface area contributed by atoms with Crippen LogP contribution in [0.1, 0.15) is 11.1 Å². The lowest BCUT2D eigenvalue weighted by Crippen LogP contribution is -2.37. The molecule has 3 aromatic rings. The summed E-state index contributed by atoms with van der Waals surface area (Å²) in [6.07, 6.45) is 1.43. The first-order valence-corrected chi connectivity index (χ1v) is 9.61. The van der Waals surface area contributed by atoms with Gasteiger partial charge in [0.1, 0.15) is 0 Å². The number of nitrogens with zero attached hydrogens (tertiary/aromatic N) is 4. The van der Waals surface area contributed by atoms with Gasteiger partial charge in [-0.25, -0.2) is 9.67 Å². The number of nitrogens with one attached hydrogen (secondary N) is 2. The second-order valence-electron chi connectivity index (χ2n) is 6.63. The molecule has 7 nitrogen and oxygen atoms in total. The fraction of sp³-hybridized carbons (Fsp3) is 0.286. The largest absolute Gasteiger partial charge is 0.468 e. The van der Waals surface area contributed by atoms with Gasteiger partial charge in [-0.1, -0.05) is 12.1 Å². The molecule has 0 bridgehead atoms. The molecule has 0 saturated carbocycles. The molecule has 0 aliphatic heterocycles. The van der Waals surface area contributed by atoms with E-state index in [0.29, 0.717) is 19.0 Å². The Kier molecular flexibility index (Phi) is 9.75. The topological polar surface area (TPSA) is 76.4 Å². The van der Waals surface area contributed by atoms with Crippen LogP contribution in [0.3, 0.4) is 0 Å². The van der Waals surface area contributed by atoms with Gasteiger partial charge < -0.3 is 15.4 Å². The average molecular weight is 560 g/mol. The molecule has 172 valence electrons. The standard InChI is InChI=1S/C21H23F3N6O.HI/c1-25-20(28-14-17-8-10-26-19(13-17)31-15-21(22,23)24)27-11-7-16-3-5-18(6-4-16)30-12-2-9-29-30;/h2-6,8-10,12-13H,7,11,14-15H2,1H3,(H2,25,27,28);1H. The molecule has 0 unspecified atom stereocenters. The van der Waals surface area contributed by atoms with E-state index in [4.69, 9.17) is 0 Å². The first-order valence-electron chi connectivity index (χ1n) is 9.61. The first-order chi connectivity index (χ1) is 14.9.